The first-order valence-corrected chi connectivity index (χ1v) is 9.59. The highest BCUT2D eigenvalue weighted by molar-refractivity contribution is 5.95. The van der Waals surface area contributed by atoms with Gasteiger partial charge in [-0.3, -0.25) is 9.59 Å². The lowest BCUT2D eigenvalue weighted by Gasteiger charge is -2.22. The zero-order valence-electron chi connectivity index (χ0n) is 15.7. The lowest BCUT2D eigenvalue weighted by molar-refractivity contribution is 0.0719. The monoisotopic (exact) mass is 373 g/mol. The van der Waals surface area contributed by atoms with E-state index in [1.54, 1.807) is 0 Å². The minimum absolute atomic E-state index is 0.0214. The number of benzene rings is 2. The molecule has 2 amide bonds. The number of rotatable bonds is 3. The predicted octanol–water partition coefficient (Wildman–Crippen LogP) is 3.47. The van der Waals surface area contributed by atoms with Crippen molar-refractivity contribution in [2.24, 2.45) is 0 Å². The van der Waals surface area contributed by atoms with Crippen molar-refractivity contribution in [1.82, 2.24) is 14.4 Å². The summed E-state index contributed by atoms with van der Waals surface area (Å²) >= 11 is 0. The van der Waals surface area contributed by atoms with Crippen molar-refractivity contribution >= 4 is 11.8 Å². The van der Waals surface area contributed by atoms with Crippen LogP contribution in [0.2, 0.25) is 0 Å². The molecule has 3 aromatic rings. The summed E-state index contributed by atoms with van der Waals surface area (Å²) in [5.41, 5.74) is 2.40. The highest BCUT2D eigenvalue weighted by Gasteiger charge is 2.23. The fourth-order valence-corrected chi connectivity index (χ4v) is 3.55. The largest absolute Gasteiger partial charge is 0.337 e. The highest BCUT2D eigenvalue weighted by Crippen LogP contribution is 2.15. The second-order valence-electron chi connectivity index (χ2n) is 6.94. The number of aromatic nitrogens is 1. The van der Waals surface area contributed by atoms with Crippen LogP contribution in [-0.4, -0.2) is 52.4 Å². The second-order valence-corrected chi connectivity index (χ2v) is 6.94. The van der Waals surface area contributed by atoms with Gasteiger partial charge in [-0.25, -0.2) is 0 Å². The fraction of sp³-hybridized carbons (Fsp3) is 0.217. The Morgan fingerprint density at radius 3 is 1.71 bits per heavy atom. The molecule has 28 heavy (non-hydrogen) atoms. The first-order chi connectivity index (χ1) is 13.7. The molecule has 2 heterocycles. The maximum Gasteiger partial charge on any atom is 0.253 e. The van der Waals surface area contributed by atoms with Crippen LogP contribution in [0, 0.1) is 0 Å². The fourth-order valence-electron chi connectivity index (χ4n) is 3.55. The van der Waals surface area contributed by atoms with E-state index in [4.69, 9.17) is 0 Å². The third-order valence-electron chi connectivity index (χ3n) is 5.11. The van der Waals surface area contributed by atoms with Gasteiger partial charge in [0, 0.05) is 55.4 Å². The molecular weight excluding hydrogens is 350 g/mol. The Labute approximate surface area is 164 Å². The van der Waals surface area contributed by atoms with Gasteiger partial charge in [0.2, 0.25) is 0 Å². The summed E-state index contributed by atoms with van der Waals surface area (Å²) in [6.07, 6.45) is 4.74. The van der Waals surface area contributed by atoms with Gasteiger partial charge in [-0.15, -0.1) is 0 Å². The Kier molecular flexibility index (Phi) is 5.24. The molecule has 1 aliphatic heterocycles. The molecule has 0 saturated carbocycles. The molecule has 1 aliphatic rings. The van der Waals surface area contributed by atoms with Gasteiger partial charge in [0.05, 0.1) is 0 Å². The molecule has 0 atom stereocenters. The number of nitrogens with zero attached hydrogens (tertiary/aromatic N) is 3. The molecule has 0 unspecified atom stereocenters. The van der Waals surface area contributed by atoms with Gasteiger partial charge in [0.1, 0.15) is 0 Å². The summed E-state index contributed by atoms with van der Waals surface area (Å²) in [4.78, 5) is 29.3. The van der Waals surface area contributed by atoms with E-state index in [2.05, 4.69) is 0 Å². The van der Waals surface area contributed by atoms with Crippen molar-refractivity contribution in [3.63, 3.8) is 0 Å². The van der Waals surface area contributed by atoms with Gasteiger partial charge in [0.15, 0.2) is 0 Å². The number of amides is 2. The van der Waals surface area contributed by atoms with Gasteiger partial charge < -0.3 is 14.4 Å². The molecule has 0 radical (unpaired) electrons. The van der Waals surface area contributed by atoms with Gasteiger partial charge in [-0.2, -0.15) is 0 Å². The topological polar surface area (TPSA) is 45.6 Å². The van der Waals surface area contributed by atoms with E-state index >= 15 is 0 Å². The Morgan fingerprint density at radius 2 is 1.14 bits per heavy atom. The molecule has 142 valence electrons. The van der Waals surface area contributed by atoms with Crippen LogP contribution >= 0.6 is 0 Å². The summed E-state index contributed by atoms with van der Waals surface area (Å²) in [6, 6.07) is 20.9. The van der Waals surface area contributed by atoms with Gasteiger partial charge in [-0.1, -0.05) is 18.2 Å². The summed E-state index contributed by atoms with van der Waals surface area (Å²) in [6.45, 7) is 2.44. The van der Waals surface area contributed by atoms with Crippen LogP contribution in [0.3, 0.4) is 0 Å². The van der Waals surface area contributed by atoms with Crippen LogP contribution in [-0.2, 0) is 0 Å². The van der Waals surface area contributed by atoms with Crippen molar-refractivity contribution in [3.05, 3.63) is 90.3 Å². The van der Waals surface area contributed by atoms with Gasteiger partial charge >= 0.3 is 0 Å². The van der Waals surface area contributed by atoms with E-state index in [0.717, 1.165) is 12.1 Å². The minimum Gasteiger partial charge on any atom is -0.337 e. The molecule has 0 N–H and O–H groups in total. The first-order valence-electron chi connectivity index (χ1n) is 9.59. The van der Waals surface area contributed by atoms with Crippen molar-refractivity contribution < 1.29 is 9.59 Å². The molecule has 0 spiro atoms. The molecule has 1 fully saturated rings. The van der Waals surface area contributed by atoms with E-state index < -0.39 is 0 Å². The van der Waals surface area contributed by atoms with Crippen molar-refractivity contribution in [3.8, 4) is 5.69 Å². The number of hydrogen-bond acceptors (Lipinski definition) is 2. The minimum atomic E-state index is 0.0214. The maximum absolute atomic E-state index is 12.9. The van der Waals surface area contributed by atoms with E-state index in [1.165, 1.54) is 0 Å². The van der Waals surface area contributed by atoms with Crippen LogP contribution < -0.4 is 0 Å². The zero-order valence-corrected chi connectivity index (χ0v) is 15.7. The van der Waals surface area contributed by atoms with Crippen LogP contribution in [0.15, 0.2) is 79.1 Å². The quantitative estimate of drug-likeness (QED) is 0.706. The predicted molar refractivity (Wildman–Crippen MR) is 109 cm³/mol. The summed E-state index contributed by atoms with van der Waals surface area (Å²) in [7, 11) is 0. The highest BCUT2D eigenvalue weighted by atomic mass is 16.2. The summed E-state index contributed by atoms with van der Waals surface area (Å²) in [5, 5.41) is 0. The summed E-state index contributed by atoms with van der Waals surface area (Å²) in [5.74, 6) is 0.0547. The number of carbonyl (C=O) groups is 2. The third kappa shape index (κ3) is 3.83. The van der Waals surface area contributed by atoms with E-state index in [-0.39, 0.29) is 11.8 Å². The Morgan fingerprint density at radius 1 is 0.607 bits per heavy atom. The second kappa shape index (κ2) is 8.13. The molecule has 1 saturated heterocycles. The molecule has 0 bridgehead atoms. The summed E-state index contributed by atoms with van der Waals surface area (Å²) < 4.78 is 2.01. The average Bonchev–Trinajstić information content (AvgIpc) is 3.18. The lowest BCUT2D eigenvalue weighted by atomic mass is 10.1. The lowest BCUT2D eigenvalue weighted by Crippen LogP contribution is -2.37. The standard InChI is InChI=1S/C23H23N3O2/c27-22(19-7-2-1-3-8-19)25-15-6-16-26(18-17-25)23(28)20-9-11-21(12-10-20)24-13-4-5-14-24/h1-5,7-14H,6,15-18H2. The van der Waals surface area contributed by atoms with Crippen molar-refractivity contribution in [2.75, 3.05) is 26.2 Å². The van der Waals surface area contributed by atoms with Crippen LogP contribution in [0.25, 0.3) is 5.69 Å². The smallest absolute Gasteiger partial charge is 0.253 e. The van der Waals surface area contributed by atoms with Crippen molar-refractivity contribution in [2.45, 2.75) is 6.42 Å². The van der Waals surface area contributed by atoms with E-state index in [9.17, 15) is 9.59 Å². The number of carbonyl (C=O) groups excluding carboxylic acids is 2. The molecule has 4 rings (SSSR count). The zero-order chi connectivity index (χ0) is 19.3. The normalized spacial score (nSPS) is 14.6. The Hall–Kier alpha value is -3.34. The third-order valence-corrected chi connectivity index (χ3v) is 5.11. The molecule has 1 aromatic heterocycles. The molecule has 5 heteroatoms. The van der Waals surface area contributed by atoms with E-state index in [1.807, 2.05) is 93.5 Å². The maximum atomic E-state index is 12.9. The van der Waals surface area contributed by atoms with E-state index in [0.29, 0.717) is 37.3 Å². The van der Waals surface area contributed by atoms with Crippen LogP contribution in [0.5, 0.6) is 0 Å². The molecule has 2 aromatic carbocycles. The van der Waals surface area contributed by atoms with Crippen molar-refractivity contribution in [1.29, 1.82) is 0 Å². The Balaban J connectivity index is 1.41. The van der Waals surface area contributed by atoms with Gasteiger partial charge in [0.25, 0.3) is 11.8 Å². The van der Waals surface area contributed by atoms with Gasteiger partial charge in [-0.05, 0) is 55.0 Å². The number of hydrogen-bond donors (Lipinski definition) is 0. The Bertz CT molecular complexity index is 934. The average molecular weight is 373 g/mol. The SMILES string of the molecule is O=C(c1ccccc1)N1CCCN(C(=O)c2ccc(-n3cccc3)cc2)CC1. The molecular formula is C23H23N3O2. The van der Waals surface area contributed by atoms with Crippen LogP contribution in [0.1, 0.15) is 27.1 Å². The van der Waals surface area contributed by atoms with Crippen LogP contribution in [0.4, 0.5) is 0 Å². The molecule has 0 aliphatic carbocycles. The molecule has 5 nitrogen and oxygen atoms in total. The first kappa shape index (κ1) is 18.0.